The third-order valence-electron chi connectivity index (χ3n) is 2.38. The normalized spacial score (nSPS) is 10.4. The lowest BCUT2D eigenvalue weighted by atomic mass is 10.1. The average molecular weight is 217 g/mol. The molecule has 82 valence electrons. The van der Waals surface area contributed by atoms with Gasteiger partial charge in [-0.3, -0.25) is 4.98 Å². The van der Waals surface area contributed by atoms with Crippen LogP contribution in [0.4, 0.5) is 0 Å². The minimum Gasteiger partial charge on any atom is -0.496 e. The van der Waals surface area contributed by atoms with Crippen molar-refractivity contribution in [1.29, 1.82) is 0 Å². The summed E-state index contributed by atoms with van der Waals surface area (Å²) in [6.07, 6.45) is 0. The van der Waals surface area contributed by atoms with Gasteiger partial charge >= 0.3 is 5.97 Å². The summed E-state index contributed by atoms with van der Waals surface area (Å²) in [5.41, 5.74) is 1.39. The first-order valence-electron chi connectivity index (χ1n) is 4.81. The maximum absolute atomic E-state index is 11.0. The van der Waals surface area contributed by atoms with Crippen LogP contribution in [-0.4, -0.2) is 23.2 Å². The lowest BCUT2D eigenvalue weighted by molar-refractivity contribution is 0.0699. The van der Waals surface area contributed by atoms with Gasteiger partial charge in [-0.15, -0.1) is 0 Å². The van der Waals surface area contributed by atoms with Crippen molar-refractivity contribution in [2.75, 3.05) is 7.11 Å². The molecule has 0 aliphatic carbocycles. The highest BCUT2D eigenvalue weighted by Gasteiger charge is 2.12. The number of carboxylic acid groups (broad SMARTS) is 1. The van der Waals surface area contributed by atoms with Crippen LogP contribution < -0.4 is 4.74 Å². The maximum atomic E-state index is 11.0. The Hall–Kier alpha value is -2.10. The first-order valence-corrected chi connectivity index (χ1v) is 4.81. The molecular formula is C12H11NO3. The van der Waals surface area contributed by atoms with Crippen LogP contribution in [0.5, 0.6) is 5.75 Å². The molecule has 0 radical (unpaired) electrons. The molecule has 16 heavy (non-hydrogen) atoms. The van der Waals surface area contributed by atoms with E-state index in [0.29, 0.717) is 16.7 Å². The van der Waals surface area contributed by atoms with Crippen LogP contribution in [0.1, 0.15) is 16.1 Å². The Morgan fingerprint density at radius 1 is 1.44 bits per heavy atom. The Balaban J connectivity index is 2.87. The van der Waals surface area contributed by atoms with Crippen molar-refractivity contribution < 1.29 is 14.6 Å². The van der Waals surface area contributed by atoms with E-state index in [0.717, 1.165) is 5.69 Å². The summed E-state index contributed by atoms with van der Waals surface area (Å²) in [5, 5.41) is 9.77. The SMILES string of the molecule is COc1cc(C)nc2c(C(=O)O)cccc12. The van der Waals surface area contributed by atoms with Crippen LogP contribution in [0.25, 0.3) is 10.9 Å². The molecule has 0 spiro atoms. The van der Waals surface area contributed by atoms with E-state index in [1.54, 1.807) is 32.2 Å². The number of pyridine rings is 1. The topological polar surface area (TPSA) is 59.4 Å². The van der Waals surface area contributed by atoms with Crippen LogP contribution in [-0.2, 0) is 0 Å². The number of benzene rings is 1. The van der Waals surface area contributed by atoms with Crippen molar-refractivity contribution in [2.24, 2.45) is 0 Å². The van der Waals surface area contributed by atoms with E-state index in [9.17, 15) is 4.79 Å². The third kappa shape index (κ3) is 1.58. The second-order valence-corrected chi connectivity index (χ2v) is 3.47. The van der Waals surface area contributed by atoms with Crippen LogP contribution in [0.2, 0.25) is 0 Å². The molecule has 0 aliphatic heterocycles. The zero-order valence-electron chi connectivity index (χ0n) is 9.02. The number of fused-ring (bicyclic) bond motifs is 1. The number of aromatic nitrogens is 1. The van der Waals surface area contributed by atoms with Gasteiger partial charge in [0.25, 0.3) is 0 Å². The second kappa shape index (κ2) is 3.81. The zero-order chi connectivity index (χ0) is 11.7. The standard InChI is InChI=1S/C12H11NO3/c1-7-6-10(16-2)8-4-3-5-9(12(14)15)11(8)13-7/h3-6H,1-2H3,(H,14,15). The zero-order valence-corrected chi connectivity index (χ0v) is 9.02. The minimum atomic E-state index is -0.981. The monoisotopic (exact) mass is 217 g/mol. The number of aryl methyl sites for hydroxylation is 1. The molecule has 0 saturated heterocycles. The summed E-state index contributed by atoms with van der Waals surface area (Å²) in [7, 11) is 1.56. The molecular weight excluding hydrogens is 206 g/mol. The largest absolute Gasteiger partial charge is 0.496 e. The smallest absolute Gasteiger partial charge is 0.337 e. The summed E-state index contributed by atoms with van der Waals surface area (Å²) in [6.45, 7) is 1.81. The van der Waals surface area contributed by atoms with Crippen LogP contribution in [0.15, 0.2) is 24.3 Å². The van der Waals surface area contributed by atoms with Crippen molar-refractivity contribution in [3.8, 4) is 5.75 Å². The first-order chi connectivity index (χ1) is 7.63. The fraction of sp³-hybridized carbons (Fsp3) is 0.167. The van der Waals surface area contributed by atoms with Crippen molar-refractivity contribution in [3.63, 3.8) is 0 Å². The molecule has 0 fully saturated rings. The Morgan fingerprint density at radius 3 is 2.81 bits per heavy atom. The molecule has 0 bridgehead atoms. The summed E-state index contributed by atoms with van der Waals surface area (Å²) in [5.74, 6) is -0.337. The van der Waals surface area contributed by atoms with Gasteiger partial charge < -0.3 is 9.84 Å². The molecule has 1 N–H and O–H groups in total. The molecule has 1 aromatic carbocycles. The van der Waals surface area contributed by atoms with E-state index >= 15 is 0 Å². The number of para-hydroxylation sites is 1. The summed E-state index contributed by atoms with van der Waals surface area (Å²) < 4.78 is 5.21. The van der Waals surface area contributed by atoms with Gasteiger partial charge in [0.05, 0.1) is 18.2 Å². The molecule has 4 nitrogen and oxygen atoms in total. The van der Waals surface area contributed by atoms with E-state index in [1.165, 1.54) is 6.07 Å². The van der Waals surface area contributed by atoms with Crippen molar-refractivity contribution in [1.82, 2.24) is 4.98 Å². The predicted octanol–water partition coefficient (Wildman–Crippen LogP) is 2.25. The van der Waals surface area contributed by atoms with E-state index in [4.69, 9.17) is 9.84 Å². The molecule has 0 saturated carbocycles. The van der Waals surface area contributed by atoms with Gasteiger partial charge in [0, 0.05) is 17.1 Å². The first kappa shape index (κ1) is 10.4. The predicted molar refractivity (Wildman–Crippen MR) is 60.0 cm³/mol. The molecule has 4 heteroatoms. The number of ether oxygens (including phenoxy) is 1. The number of hydrogen-bond donors (Lipinski definition) is 1. The van der Waals surface area contributed by atoms with E-state index < -0.39 is 5.97 Å². The number of hydrogen-bond acceptors (Lipinski definition) is 3. The van der Waals surface area contributed by atoms with E-state index in [2.05, 4.69) is 4.98 Å². The molecule has 0 unspecified atom stereocenters. The molecule has 1 aromatic heterocycles. The van der Waals surface area contributed by atoms with Gasteiger partial charge in [0.2, 0.25) is 0 Å². The second-order valence-electron chi connectivity index (χ2n) is 3.47. The number of aromatic carboxylic acids is 1. The molecule has 0 aliphatic rings. The Kier molecular flexibility index (Phi) is 2.48. The number of carbonyl (C=O) groups is 1. The summed E-state index contributed by atoms with van der Waals surface area (Å²) in [4.78, 5) is 15.3. The highest BCUT2D eigenvalue weighted by atomic mass is 16.5. The maximum Gasteiger partial charge on any atom is 0.337 e. The highest BCUT2D eigenvalue weighted by molar-refractivity contribution is 6.03. The Bertz CT molecular complexity index is 563. The van der Waals surface area contributed by atoms with Gasteiger partial charge in [-0.05, 0) is 19.1 Å². The molecule has 2 rings (SSSR count). The minimum absolute atomic E-state index is 0.194. The molecule has 1 heterocycles. The quantitative estimate of drug-likeness (QED) is 0.838. The highest BCUT2D eigenvalue weighted by Crippen LogP contribution is 2.27. The average Bonchev–Trinajstić information content (AvgIpc) is 2.26. The summed E-state index contributed by atoms with van der Waals surface area (Å²) >= 11 is 0. The molecule has 0 amide bonds. The Labute approximate surface area is 92.5 Å². The van der Waals surface area contributed by atoms with Crippen molar-refractivity contribution in [2.45, 2.75) is 6.92 Å². The number of methoxy groups -OCH3 is 1. The van der Waals surface area contributed by atoms with Gasteiger partial charge in [-0.1, -0.05) is 6.07 Å². The third-order valence-corrected chi connectivity index (χ3v) is 2.38. The van der Waals surface area contributed by atoms with Crippen molar-refractivity contribution >= 4 is 16.9 Å². The van der Waals surface area contributed by atoms with Gasteiger partial charge in [-0.25, -0.2) is 4.79 Å². The van der Waals surface area contributed by atoms with Crippen molar-refractivity contribution in [3.05, 3.63) is 35.5 Å². The number of nitrogens with zero attached hydrogens (tertiary/aromatic N) is 1. The van der Waals surface area contributed by atoms with E-state index in [1.807, 2.05) is 0 Å². The van der Waals surface area contributed by atoms with Gasteiger partial charge in [-0.2, -0.15) is 0 Å². The van der Waals surface area contributed by atoms with Crippen LogP contribution in [0.3, 0.4) is 0 Å². The fourth-order valence-corrected chi connectivity index (χ4v) is 1.68. The summed E-state index contributed by atoms with van der Waals surface area (Å²) in [6, 6.07) is 6.81. The number of carboxylic acids is 1. The lowest BCUT2D eigenvalue weighted by Crippen LogP contribution is -2.00. The molecule has 0 atom stereocenters. The lowest BCUT2D eigenvalue weighted by Gasteiger charge is -2.08. The Morgan fingerprint density at radius 2 is 2.19 bits per heavy atom. The van der Waals surface area contributed by atoms with Crippen LogP contribution >= 0.6 is 0 Å². The fourth-order valence-electron chi connectivity index (χ4n) is 1.68. The van der Waals surface area contributed by atoms with Gasteiger partial charge in [0.1, 0.15) is 5.75 Å². The molecule has 2 aromatic rings. The van der Waals surface area contributed by atoms with E-state index in [-0.39, 0.29) is 5.56 Å². The van der Waals surface area contributed by atoms with Crippen LogP contribution in [0, 0.1) is 6.92 Å². The van der Waals surface area contributed by atoms with Gasteiger partial charge in [0.15, 0.2) is 0 Å². The number of rotatable bonds is 2.